The van der Waals surface area contributed by atoms with Crippen molar-refractivity contribution in [1.82, 2.24) is 0 Å². The quantitative estimate of drug-likeness (QED) is 0.721. The molecular weight excluding hydrogens is 194 g/mol. The third kappa shape index (κ3) is 4.46. The Kier molecular flexibility index (Phi) is 4.63. The molecule has 0 spiro atoms. The van der Waals surface area contributed by atoms with Gasteiger partial charge in [-0.3, -0.25) is 4.79 Å². The van der Waals surface area contributed by atoms with Crippen molar-refractivity contribution in [3.63, 3.8) is 0 Å². The zero-order valence-corrected chi connectivity index (χ0v) is 8.69. The van der Waals surface area contributed by atoms with Crippen molar-refractivity contribution in [2.24, 2.45) is 0 Å². The number of aliphatic hydroxyl groups is 1. The van der Waals surface area contributed by atoms with Crippen LogP contribution in [0.1, 0.15) is 13.3 Å². The largest absolute Gasteiger partial charge is 0.494 e. The minimum absolute atomic E-state index is 0.0936. The van der Waals surface area contributed by atoms with E-state index in [1.807, 2.05) is 0 Å². The van der Waals surface area contributed by atoms with Gasteiger partial charge in [0.15, 0.2) is 0 Å². The molecule has 82 valence electrons. The van der Waals surface area contributed by atoms with Crippen LogP contribution >= 0.6 is 0 Å². The number of hydrogen-bond donors (Lipinski definition) is 2. The van der Waals surface area contributed by atoms with Crippen molar-refractivity contribution in [2.45, 2.75) is 13.3 Å². The molecule has 0 heterocycles. The lowest BCUT2D eigenvalue weighted by Gasteiger charge is -2.06. The second-order valence-electron chi connectivity index (χ2n) is 3.13. The first-order chi connectivity index (χ1) is 7.22. The van der Waals surface area contributed by atoms with Crippen LogP contribution in [0, 0.1) is 0 Å². The molecule has 0 unspecified atom stereocenters. The first-order valence-electron chi connectivity index (χ1n) is 4.83. The Hall–Kier alpha value is -1.55. The molecule has 4 nitrogen and oxygen atoms in total. The topological polar surface area (TPSA) is 58.6 Å². The fraction of sp³-hybridized carbons (Fsp3) is 0.364. The molecule has 15 heavy (non-hydrogen) atoms. The van der Waals surface area contributed by atoms with Crippen LogP contribution in [0.4, 0.5) is 5.69 Å². The van der Waals surface area contributed by atoms with Gasteiger partial charge >= 0.3 is 0 Å². The Morgan fingerprint density at radius 1 is 1.40 bits per heavy atom. The highest BCUT2D eigenvalue weighted by molar-refractivity contribution is 5.88. The summed E-state index contributed by atoms with van der Waals surface area (Å²) in [6.45, 7) is 2.09. The second kappa shape index (κ2) is 6.03. The van der Waals surface area contributed by atoms with Gasteiger partial charge in [-0.05, 0) is 24.3 Å². The summed E-state index contributed by atoms with van der Waals surface area (Å²) in [5.41, 5.74) is 0.747. The van der Waals surface area contributed by atoms with Gasteiger partial charge in [0.1, 0.15) is 5.75 Å². The maximum atomic E-state index is 10.7. The molecule has 4 heteroatoms. The predicted molar refractivity (Wildman–Crippen MR) is 57.9 cm³/mol. The molecule has 1 aromatic carbocycles. The Labute approximate surface area is 88.9 Å². The van der Waals surface area contributed by atoms with Crippen LogP contribution in [-0.4, -0.2) is 24.2 Å². The minimum atomic E-state index is -0.0936. The van der Waals surface area contributed by atoms with E-state index in [2.05, 4.69) is 5.32 Å². The van der Waals surface area contributed by atoms with Crippen molar-refractivity contribution in [2.75, 3.05) is 18.5 Å². The number of aliphatic hydroxyl groups excluding tert-OH is 1. The first-order valence-corrected chi connectivity index (χ1v) is 4.83. The van der Waals surface area contributed by atoms with Crippen molar-refractivity contribution in [1.29, 1.82) is 0 Å². The monoisotopic (exact) mass is 209 g/mol. The van der Waals surface area contributed by atoms with E-state index >= 15 is 0 Å². The lowest BCUT2D eigenvalue weighted by atomic mass is 10.3. The summed E-state index contributed by atoms with van der Waals surface area (Å²) >= 11 is 0. The predicted octanol–water partition coefficient (Wildman–Crippen LogP) is 1.41. The van der Waals surface area contributed by atoms with Gasteiger partial charge < -0.3 is 15.2 Å². The van der Waals surface area contributed by atoms with Gasteiger partial charge in [0.2, 0.25) is 5.91 Å². The highest BCUT2D eigenvalue weighted by Gasteiger charge is 1.96. The molecule has 1 rings (SSSR count). The summed E-state index contributed by atoms with van der Waals surface area (Å²) in [4.78, 5) is 10.7. The molecule has 0 fully saturated rings. The Morgan fingerprint density at radius 3 is 2.60 bits per heavy atom. The molecule has 0 atom stereocenters. The molecule has 1 aromatic rings. The van der Waals surface area contributed by atoms with Gasteiger partial charge in [0.05, 0.1) is 6.61 Å². The number of rotatable bonds is 5. The van der Waals surface area contributed by atoms with E-state index in [0.717, 1.165) is 11.4 Å². The van der Waals surface area contributed by atoms with Crippen LogP contribution in [0.5, 0.6) is 5.75 Å². The summed E-state index contributed by atoms with van der Waals surface area (Å²) in [6, 6.07) is 7.11. The summed E-state index contributed by atoms with van der Waals surface area (Å²) in [7, 11) is 0. The standard InChI is InChI=1S/C11H15NO3/c1-9(14)12-10-3-5-11(6-4-10)15-8-2-7-13/h3-6,13H,2,7-8H2,1H3,(H,12,14). The number of nitrogens with one attached hydrogen (secondary N) is 1. The van der Waals surface area contributed by atoms with Crippen LogP contribution in [-0.2, 0) is 4.79 Å². The Morgan fingerprint density at radius 2 is 2.07 bits per heavy atom. The molecule has 0 aliphatic rings. The first kappa shape index (κ1) is 11.5. The van der Waals surface area contributed by atoms with Gasteiger partial charge in [-0.2, -0.15) is 0 Å². The smallest absolute Gasteiger partial charge is 0.221 e. The number of carbonyl (C=O) groups is 1. The molecule has 0 saturated heterocycles. The van der Waals surface area contributed by atoms with Gasteiger partial charge in [-0.1, -0.05) is 0 Å². The number of benzene rings is 1. The molecule has 0 aliphatic heterocycles. The Balaban J connectivity index is 2.45. The molecular formula is C11H15NO3. The number of carbonyl (C=O) groups excluding carboxylic acids is 1. The van der Waals surface area contributed by atoms with Gasteiger partial charge in [0, 0.05) is 25.6 Å². The van der Waals surface area contributed by atoms with Crippen LogP contribution in [0.3, 0.4) is 0 Å². The average Bonchev–Trinajstić information content (AvgIpc) is 2.20. The van der Waals surface area contributed by atoms with E-state index in [-0.39, 0.29) is 12.5 Å². The molecule has 0 radical (unpaired) electrons. The fourth-order valence-electron chi connectivity index (χ4n) is 1.09. The third-order valence-corrected chi connectivity index (χ3v) is 1.75. The molecule has 2 N–H and O–H groups in total. The molecule has 0 aliphatic carbocycles. The van der Waals surface area contributed by atoms with E-state index in [9.17, 15) is 4.79 Å². The minimum Gasteiger partial charge on any atom is -0.494 e. The zero-order valence-electron chi connectivity index (χ0n) is 8.69. The maximum Gasteiger partial charge on any atom is 0.221 e. The summed E-state index contributed by atoms with van der Waals surface area (Å²) in [5, 5.41) is 11.2. The van der Waals surface area contributed by atoms with Gasteiger partial charge in [-0.25, -0.2) is 0 Å². The zero-order chi connectivity index (χ0) is 11.1. The van der Waals surface area contributed by atoms with Crippen molar-refractivity contribution in [3.8, 4) is 5.75 Å². The lowest BCUT2D eigenvalue weighted by Crippen LogP contribution is -2.05. The lowest BCUT2D eigenvalue weighted by molar-refractivity contribution is -0.114. The Bertz CT molecular complexity index is 308. The number of amides is 1. The van der Waals surface area contributed by atoms with Gasteiger partial charge in [0.25, 0.3) is 0 Å². The third-order valence-electron chi connectivity index (χ3n) is 1.75. The van der Waals surface area contributed by atoms with Crippen LogP contribution in [0.15, 0.2) is 24.3 Å². The summed E-state index contributed by atoms with van der Waals surface area (Å²) < 4.78 is 5.33. The van der Waals surface area contributed by atoms with Crippen LogP contribution in [0.2, 0.25) is 0 Å². The fourth-order valence-corrected chi connectivity index (χ4v) is 1.09. The highest BCUT2D eigenvalue weighted by atomic mass is 16.5. The maximum absolute atomic E-state index is 10.7. The van der Waals surface area contributed by atoms with Crippen LogP contribution < -0.4 is 10.1 Å². The van der Waals surface area contributed by atoms with E-state index in [0.29, 0.717) is 13.0 Å². The van der Waals surface area contributed by atoms with E-state index in [4.69, 9.17) is 9.84 Å². The van der Waals surface area contributed by atoms with Crippen molar-refractivity contribution in [3.05, 3.63) is 24.3 Å². The van der Waals surface area contributed by atoms with E-state index in [1.54, 1.807) is 24.3 Å². The van der Waals surface area contributed by atoms with Crippen molar-refractivity contribution < 1.29 is 14.6 Å². The molecule has 0 saturated carbocycles. The summed E-state index contributed by atoms with van der Waals surface area (Å²) in [5.74, 6) is 0.640. The molecule has 1 amide bonds. The SMILES string of the molecule is CC(=O)Nc1ccc(OCCCO)cc1. The van der Waals surface area contributed by atoms with E-state index < -0.39 is 0 Å². The van der Waals surface area contributed by atoms with E-state index in [1.165, 1.54) is 6.92 Å². The average molecular weight is 209 g/mol. The van der Waals surface area contributed by atoms with Crippen molar-refractivity contribution >= 4 is 11.6 Å². The normalized spacial score (nSPS) is 9.73. The number of hydrogen-bond acceptors (Lipinski definition) is 3. The molecule has 0 aromatic heterocycles. The summed E-state index contributed by atoms with van der Waals surface area (Å²) in [6.07, 6.45) is 0.618. The molecule has 0 bridgehead atoms. The second-order valence-corrected chi connectivity index (χ2v) is 3.13. The number of ether oxygens (including phenoxy) is 1. The van der Waals surface area contributed by atoms with Gasteiger partial charge in [-0.15, -0.1) is 0 Å². The number of anilines is 1. The van der Waals surface area contributed by atoms with Crippen LogP contribution in [0.25, 0.3) is 0 Å². The highest BCUT2D eigenvalue weighted by Crippen LogP contribution is 2.15.